The van der Waals surface area contributed by atoms with Gasteiger partial charge in [0, 0.05) is 16.3 Å². The molecule has 1 aromatic heterocycles. The van der Waals surface area contributed by atoms with Crippen LogP contribution in [-0.4, -0.2) is 21.3 Å². The average Bonchev–Trinajstić information content (AvgIpc) is 3.23. The Hall–Kier alpha value is -2.66. The van der Waals surface area contributed by atoms with Gasteiger partial charge in [0.05, 0.1) is 0 Å². The van der Waals surface area contributed by atoms with Crippen LogP contribution >= 0.6 is 11.6 Å². The number of halogens is 1. The molecule has 4 rings (SSSR count). The van der Waals surface area contributed by atoms with E-state index in [1.807, 2.05) is 24.3 Å². The SMILES string of the molecule is O=C(Nc1ccc2c(c1)CCC2)c1n[nH]nc1-c1cccc(Cl)c1. The van der Waals surface area contributed by atoms with Gasteiger partial charge < -0.3 is 5.32 Å². The average molecular weight is 339 g/mol. The van der Waals surface area contributed by atoms with Crippen LogP contribution in [0.15, 0.2) is 42.5 Å². The maximum atomic E-state index is 12.6. The molecule has 6 heteroatoms. The fraction of sp³-hybridized carbons (Fsp3) is 0.167. The molecule has 0 unspecified atom stereocenters. The summed E-state index contributed by atoms with van der Waals surface area (Å²) in [6.45, 7) is 0. The Morgan fingerprint density at radius 3 is 2.83 bits per heavy atom. The van der Waals surface area contributed by atoms with Gasteiger partial charge in [-0.1, -0.05) is 29.8 Å². The Balaban J connectivity index is 1.61. The number of nitrogens with one attached hydrogen (secondary N) is 2. The molecule has 1 aliphatic rings. The van der Waals surface area contributed by atoms with Crippen LogP contribution in [0.2, 0.25) is 5.02 Å². The first-order chi connectivity index (χ1) is 11.7. The number of nitrogens with zero attached hydrogens (tertiary/aromatic N) is 2. The summed E-state index contributed by atoms with van der Waals surface area (Å²) >= 11 is 6.02. The summed E-state index contributed by atoms with van der Waals surface area (Å²) < 4.78 is 0. The van der Waals surface area contributed by atoms with Gasteiger partial charge in [-0.25, -0.2) is 0 Å². The van der Waals surface area contributed by atoms with Crippen molar-refractivity contribution < 1.29 is 4.79 Å². The summed E-state index contributed by atoms with van der Waals surface area (Å²) in [4.78, 5) is 12.6. The van der Waals surface area contributed by atoms with Crippen LogP contribution in [0.1, 0.15) is 28.0 Å². The van der Waals surface area contributed by atoms with Gasteiger partial charge in [-0.3, -0.25) is 4.79 Å². The van der Waals surface area contributed by atoms with Gasteiger partial charge in [0.1, 0.15) is 5.69 Å². The van der Waals surface area contributed by atoms with E-state index in [-0.39, 0.29) is 11.6 Å². The fourth-order valence-corrected chi connectivity index (χ4v) is 3.26. The summed E-state index contributed by atoms with van der Waals surface area (Å²) in [5.41, 5.74) is 4.93. The Labute approximate surface area is 144 Å². The summed E-state index contributed by atoms with van der Waals surface area (Å²) in [5.74, 6) is -0.295. The number of aromatic amines is 1. The lowest BCUT2D eigenvalue weighted by molar-refractivity contribution is 0.102. The molecule has 5 nitrogen and oxygen atoms in total. The quantitative estimate of drug-likeness (QED) is 0.761. The van der Waals surface area contributed by atoms with Crippen LogP contribution in [0, 0.1) is 0 Å². The standard InChI is InChI=1S/C18H15ClN4O/c19-14-6-2-5-13(9-14)16-17(22-23-21-16)18(24)20-15-8-7-11-3-1-4-12(11)10-15/h2,5-10H,1,3-4H2,(H,20,24)(H,21,22,23). The number of fused-ring (bicyclic) bond motifs is 1. The predicted octanol–water partition coefficient (Wildman–Crippen LogP) is 3.87. The Bertz CT molecular complexity index is 919. The number of anilines is 1. The van der Waals surface area contributed by atoms with Crippen molar-refractivity contribution in [2.24, 2.45) is 0 Å². The molecule has 1 aliphatic carbocycles. The van der Waals surface area contributed by atoms with E-state index in [9.17, 15) is 4.79 Å². The first kappa shape index (κ1) is 14.9. The van der Waals surface area contributed by atoms with E-state index in [1.54, 1.807) is 12.1 Å². The molecule has 0 spiro atoms. The second-order valence-electron chi connectivity index (χ2n) is 5.82. The van der Waals surface area contributed by atoms with Crippen molar-refractivity contribution in [3.05, 3.63) is 64.3 Å². The minimum absolute atomic E-state index is 0.248. The highest BCUT2D eigenvalue weighted by atomic mass is 35.5. The van der Waals surface area contributed by atoms with E-state index >= 15 is 0 Å². The number of hydrogen-bond acceptors (Lipinski definition) is 3. The number of aryl methyl sites for hydroxylation is 2. The van der Waals surface area contributed by atoms with Gasteiger partial charge in [0.15, 0.2) is 5.69 Å². The molecule has 3 aromatic rings. The number of hydrogen-bond donors (Lipinski definition) is 2. The highest BCUT2D eigenvalue weighted by Crippen LogP contribution is 2.26. The largest absolute Gasteiger partial charge is 0.321 e. The van der Waals surface area contributed by atoms with Gasteiger partial charge >= 0.3 is 0 Å². The van der Waals surface area contributed by atoms with Gasteiger partial charge in [-0.05, 0) is 54.7 Å². The Morgan fingerprint density at radius 1 is 1.08 bits per heavy atom. The molecule has 0 saturated heterocycles. The van der Waals surface area contributed by atoms with Crippen molar-refractivity contribution in [1.82, 2.24) is 15.4 Å². The van der Waals surface area contributed by atoms with Crippen molar-refractivity contribution in [3.63, 3.8) is 0 Å². The fourth-order valence-electron chi connectivity index (χ4n) is 3.07. The van der Waals surface area contributed by atoms with Crippen LogP contribution in [-0.2, 0) is 12.8 Å². The van der Waals surface area contributed by atoms with Crippen LogP contribution in [0.4, 0.5) is 5.69 Å². The lowest BCUT2D eigenvalue weighted by Crippen LogP contribution is -2.14. The first-order valence-corrected chi connectivity index (χ1v) is 8.18. The topological polar surface area (TPSA) is 70.7 Å². The lowest BCUT2D eigenvalue weighted by atomic mass is 10.1. The van der Waals surface area contributed by atoms with E-state index < -0.39 is 0 Å². The van der Waals surface area contributed by atoms with Crippen molar-refractivity contribution in [1.29, 1.82) is 0 Å². The Morgan fingerprint density at radius 2 is 1.96 bits per heavy atom. The van der Waals surface area contributed by atoms with E-state index in [0.717, 1.165) is 24.1 Å². The second-order valence-corrected chi connectivity index (χ2v) is 6.26. The predicted molar refractivity (Wildman–Crippen MR) is 93.2 cm³/mol. The number of carbonyl (C=O) groups excluding carboxylic acids is 1. The van der Waals surface area contributed by atoms with Crippen LogP contribution < -0.4 is 5.32 Å². The summed E-state index contributed by atoms with van der Waals surface area (Å²) in [5, 5.41) is 14.1. The van der Waals surface area contributed by atoms with Crippen LogP contribution in [0.25, 0.3) is 11.3 Å². The molecule has 24 heavy (non-hydrogen) atoms. The molecule has 0 fully saturated rings. The molecule has 120 valence electrons. The van der Waals surface area contributed by atoms with Gasteiger partial charge in [-0.2, -0.15) is 15.4 Å². The third-order valence-corrected chi connectivity index (χ3v) is 4.45. The maximum Gasteiger partial charge on any atom is 0.278 e. The molecular weight excluding hydrogens is 324 g/mol. The van der Waals surface area contributed by atoms with Crippen LogP contribution in [0.3, 0.4) is 0 Å². The van der Waals surface area contributed by atoms with Gasteiger partial charge in [-0.15, -0.1) is 0 Å². The third-order valence-electron chi connectivity index (χ3n) is 4.22. The van der Waals surface area contributed by atoms with Crippen molar-refractivity contribution in [2.45, 2.75) is 19.3 Å². The molecule has 0 bridgehead atoms. The normalized spacial score (nSPS) is 12.9. The zero-order chi connectivity index (χ0) is 16.5. The van der Waals surface area contributed by atoms with Gasteiger partial charge in [0.2, 0.25) is 0 Å². The monoisotopic (exact) mass is 338 g/mol. The molecule has 2 aromatic carbocycles. The molecule has 0 saturated carbocycles. The van der Waals surface area contributed by atoms with E-state index in [4.69, 9.17) is 11.6 Å². The Kier molecular flexibility index (Phi) is 3.78. The number of benzene rings is 2. The van der Waals surface area contributed by atoms with E-state index in [0.29, 0.717) is 10.7 Å². The minimum atomic E-state index is -0.295. The molecular formula is C18H15ClN4O. The number of carbonyl (C=O) groups is 1. The number of H-pyrrole nitrogens is 1. The van der Waals surface area contributed by atoms with Crippen LogP contribution in [0.5, 0.6) is 0 Å². The van der Waals surface area contributed by atoms with E-state index in [1.165, 1.54) is 17.5 Å². The maximum absolute atomic E-state index is 12.6. The number of amides is 1. The smallest absolute Gasteiger partial charge is 0.278 e. The summed E-state index contributed by atoms with van der Waals surface area (Å²) in [7, 11) is 0. The summed E-state index contributed by atoms with van der Waals surface area (Å²) in [6.07, 6.45) is 3.36. The molecule has 0 radical (unpaired) electrons. The van der Waals surface area contributed by atoms with Gasteiger partial charge in [0.25, 0.3) is 5.91 Å². The molecule has 1 heterocycles. The zero-order valence-corrected chi connectivity index (χ0v) is 13.6. The number of rotatable bonds is 3. The highest BCUT2D eigenvalue weighted by Gasteiger charge is 2.19. The molecule has 0 atom stereocenters. The lowest BCUT2D eigenvalue weighted by Gasteiger charge is -2.07. The molecule has 0 aliphatic heterocycles. The molecule has 1 amide bonds. The zero-order valence-electron chi connectivity index (χ0n) is 12.8. The van der Waals surface area contributed by atoms with Crippen molar-refractivity contribution in [3.8, 4) is 11.3 Å². The first-order valence-electron chi connectivity index (χ1n) is 7.80. The van der Waals surface area contributed by atoms with Crippen molar-refractivity contribution in [2.75, 3.05) is 5.32 Å². The van der Waals surface area contributed by atoms with E-state index in [2.05, 4.69) is 26.8 Å². The second kappa shape index (κ2) is 6.09. The third kappa shape index (κ3) is 2.78. The minimum Gasteiger partial charge on any atom is -0.321 e. The summed E-state index contributed by atoms with van der Waals surface area (Å²) in [6, 6.07) is 13.2. The highest BCUT2D eigenvalue weighted by molar-refractivity contribution is 6.30. The number of aromatic nitrogens is 3. The molecule has 2 N–H and O–H groups in total. The van der Waals surface area contributed by atoms with Crippen molar-refractivity contribution >= 4 is 23.2 Å².